The standard InChI is InChI=1S/C17H20N2O2/c1-12(13-5-7-19-8-6-13)17(18-2)14-3-4-15-16(11-14)21-10-9-20-15/h3-8,11-12,17-18H,9-10H2,1-2H3. The van der Waals surface area contributed by atoms with Gasteiger partial charge in [-0.1, -0.05) is 13.0 Å². The molecule has 0 saturated heterocycles. The number of pyridine rings is 1. The molecule has 1 aromatic heterocycles. The van der Waals surface area contributed by atoms with Crippen LogP contribution in [0.1, 0.15) is 30.0 Å². The Morgan fingerprint density at radius 2 is 1.71 bits per heavy atom. The van der Waals surface area contributed by atoms with Crippen molar-refractivity contribution in [1.82, 2.24) is 10.3 Å². The van der Waals surface area contributed by atoms with E-state index in [2.05, 4.69) is 41.5 Å². The molecule has 1 N–H and O–H groups in total. The highest BCUT2D eigenvalue weighted by atomic mass is 16.6. The van der Waals surface area contributed by atoms with Crippen molar-refractivity contribution in [3.63, 3.8) is 0 Å². The van der Waals surface area contributed by atoms with Crippen molar-refractivity contribution in [2.24, 2.45) is 0 Å². The SMILES string of the molecule is CNC(c1ccc2c(c1)OCCO2)C(C)c1ccncc1. The molecule has 0 bridgehead atoms. The van der Waals surface area contributed by atoms with Gasteiger partial charge in [-0.3, -0.25) is 4.98 Å². The van der Waals surface area contributed by atoms with Gasteiger partial charge in [-0.15, -0.1) is 0 Å². The fourth-order valence-corrected chi connectivity index (χ4v) is 2.82. The first-order valence-corrected chi connectivity index (χ1v) is 7.26. The van der Waals surface area contributed by atoms with Crippen LogP contribution in [0, 0.1) is 0 Å². The molecule has 2 aromatic rings. The molecule has 1 aliphatic rings. The normalized spacial score (nSPS) is 16.3. The van der Waals surface area contributed by atoms with E-state index < -0.39 is 0 Å². The third-order valence-electron chi connectivity index (χ3n) is 3.97. The fraction of sp³-hybridized carbons (Fsp3) is 0.353. The molecule has 2 atom stereocenters. The zero-order valence-electron chi connectivity index (χ0n) is 12.4. The molecular formula is C17H20N2O2. The first kappa shape index (κ1) is 13.9. The highest BCUT2D eigenvalue weighted by Gasteiger charge is 2.21. The molecule has 0 saturated carbocycles. The zero-order chi connectivity index (χ0) is 14.7. The number of hydrogen-bond donors (Lipinski definition) is 1. The summed E-state index contributed by atoms with van der Waals surface area (Å²) in [5, 5.41) is 3.41. The van der Waals surface area contributed by atoms with Gasteiger partial charge in [0, 0.05) is 24.4 Å². The van der Waals surface area contributed by atoms with Crippen molar-refractivity contribution in [3.05, 3.63) is 53.9 Å². The molecule has 0 spiro atoms. The van der Waals surface area contributed by atoms with Crippen molar-refractivity contribution in [2.45, 2.75) is 18.9 Å². The van der Waals surface area contributed by atoms with Gasteiger partial charge in [0.1, 0.15) is 13.2 Å². The summed E-state index contributed by atoms with van der Waals surface area (Å²) in [5.41, 5.74) is 2.46. The van der Waals surface area contributed by atoms with Gasteiger partial charge in [-0.25, -0.2) is 0 Å². The smallest absolute Gasteiger partial charge is 0.161 e. The van der Waals surface area contributed by atoms with Crippen LogP contribution in [0.4, 0.5) is 0 Å². The number of ether oxygens (including phenoxy) is 2. The molecule has 0 amide bonds. The Labute approximate surface area is 125 Å². The van der Waals surface area contributed by atoms with Crippen LogP contribution < -0.4 is 14.8 Å². The van der Waals surface area contributed by atoms with Crippen molar-refractivity contribution in [3.8, 4) is 11.5 Å². The maximum absolute atomic E-state index is 5.68. The number of fused-ring (bicyclic) bond motifs is 1. The number of aromatic nitrogens is 1. The lowest BCUT2D eigenvalue weighted by atomic mass is 9.89. The third kappa shape index (κ3) is 2.85. The summed E-state index contributed by atoms with van der Waals surface area (Å²) in [6.07, 6.45) is 3.67. The van der Waals surface area contributed by atoms with Gasteiger partial charge in [0.2, 0.25) is 0 Å². The first-order valence-electron chi connectivity index (χ1n) is 7.26. The Hall–Kier alpha value is -2.07. The minimum absolute atomic E-state index is 0.211. The predicted molar refractivity (Wildman–Crippen MR) is 81.9 cm³/mol. The van der Waals surface area contributed by atoms with Crippen LogP contribution in [0.2, 0.25) is 0 Å². The van der Waals surface area contributed by atoms with E-state index in [0.717, 1.165) is 11.5 Å². The molecule has 2 unspecified atom stereocenters. The van der Waals surface area contributed by atoms with Crippen LogP contribution >= 0.6 is 0 Å². The number of nitrogens with one attached hydrogen (secondary N) is 1. The monoisotopic (exact) mass is 284 g/mol. The highest BCUT2D eigenvalue weighted by Crippen LogP contribution is 2.36. The molecule has 3 rings (SSSR count). The van der Waals surface area contributed by atoms with Crippen LogP contribution in [-0.2, 0) is 0 Å². The molecular weight excluding hydrogens is 264 g/mol. The molecule has 4 nitrogen and oxygen atoms in total. The van der Waals surface area contributed by atoms with E-state index >= 15 is 0 Å². The van der Waals surface area contributed by atoms with Gasteiger partial charge in [0.15, 0.2) is 11.5 Å². The summed E-state index contributed by atoms with van der Waals surface area (Å²) < 4.78 is 11.3. The minimum Gasteiger partial charge on any atom is -0.486 e. The van der Waals surface area contributed by atoms with Crippen LogP contribution in [-0.4, -0.2) is 25.2 Å². The van der Waals surface area contributed by atoms with Gasteiger partial charge in [0.25, 0.3) is 0 Å². The minimum atomic E-state index is 0.211. The van der Waals surface area contributed by atoms with Crippen LogP contribution in [0.3, 0.4) is 0 Å². The average molecular weight is 284 g/mol. The molecule has 0 radical (unpaired) electrons. The lowest BCUT2D eigenvalue weighted by Gasteiger charge is -2.26. The van der Waals surface area contributed by atoms with Crippen molar-refractivity contribution >= 4 is 0 Å². The van der Waals surface area contributed by atoms with Gasteiger partial charge in [-0.2, -0.15) is 0 Å². The number of benzene rings is 1. The summed E-state index contributed by atoms with van der Waals surface area (Å²) in [6.45, 7) is 3.45. The van der Waals surface area contributed by atoms with E-state index in [9.17, 15) is 0 Å². The predicted octanol–water partition coefficient (Wildman–Crippen LogP) is 2.92. The Kier molecular flexibility index (Phi) is 4.06. The molecule has 0 aliphatic carbocycles. The van der Waals surface area contributed by atoms with Crippen LogP contribution in [0.15, 0.2) is 42.7 Å². The highest BCUT2D eigenvalue weighted by molar-refractivity contribution is 5.45. The second-order valence-electron chi connectivity index (χ2n) is 5.24. The first-order chi connectivity index (χ1) is 10.3. The number of rotatable bonds is 4. The number of likely N-dealkylation sites (N-methyl/N-ethyl adjacent to an activating group) is 1. The Bertz CT molecular complexity index is 601. The molecule has 1 aromatic carbocycles. The molecule has 0 fully saturated rings. The van der Waals surface area contributed by atoms with Crippen molar-refractivity contribution in [1.29, 1.82) is 0 Å². The lowest BCUT2D eigenvalue weighted by molar-refractivity contribution is 0.171. The summed E-state index contributed by atoms with van der Waals surface area (Å²) in [7, 11) is 1.99. The van der Waals surface area contributed by atoms with Gasteiger partial charge in [-0.05, 0) is 42.4 Å². The van der Waals surface area contributed by atoms with Gasteiger partial charge < -0.3 is 14.8 Å². The lowest BCUT2D eigenvalue weighted by Crippen LogP contribution is -2.23. The summed E-state index contributed by atoms with van der Waals surface area (Å²) in [4.78, 5) is 4.09. The molecule has 1 aliphatic heterocycles. The van der Waals surface area contributed by atoms with E-state index in [0.29, 0.717) is 19.1 Å². The van der Waals surface area contributed by atoms with Crippen molar-refractivity contribution in [2.75, 3.05) is 20.3 Å². The van der Waals surface area contributed by atoms with E-state index in [-0.39, 0.29) is 6.04 Å². The number of nitrogens with zero attached hydrogens (tertiary/aromatic N) is 1. The largest absolute Gasteiger partial charge is 0.486 e. The Morgan fingerprint density at radius 1 is 1.00 bits per heavy atom. The van der Waals surface area contributed by atoms with Crippen molar-refractivity contribution < 1.29 is 9.47 Å². The molecule has 2 heterocycles. The zero-order valence-corrected chi connectivity index (χ0v) is 12.4. The average Bonchev–Trinajstić information content (AvgIpc) is 2.56. The fourth-order valence-electron chi connectivity index (χ4n) is 2.82. The quantitative estimate of drug-likeness (QED) is 0.937. The summed E-state index contributed by atoms with van der Waals surface area (Å²) in [5.74, 6) is 2.00. The van der Waals surface area contributed by atoms with Gasteiger partial charge in [0.05, 0.1) is 0 Å². The second kappa shape index (κ2) is 6.14. The molecule has 110 valence electrons. The Balaban J connectivity index is 1.89. The topological polar surface area (TPSA) is 43.4 Å². The number of hydrogen-bond acceptors (Lipinski definition) is 4. The third-order valence-corrected chi connectivity index (χ3v) is 3.97. The molecule has 4 heteroatoms. The van der Waals surface area contributed by atoms with E-state index in [1.54, 1.807) is 0 Å². The second-order valence-corrected chi connectivity index (χ2v) is 5.24. The summed E-state index contributed by atoms with van der Waals surface area (Å²) in [6, 6.07) is 10.5. The van der Waals surface area contributed by atoms with E-state index in [4.69, 9.17) is 9.47 Å². The van der Waals surface area contributed by atoms with Gasteiger partial charge >= 0.3 is 0 Å². The van der Waals surface area contributed by atoms with Crippen LogP contribution in [0.5, 0.6) is 11.5 Å². The maximum atomic E-state index is 5.68. The summed E-state index contributed by atoms with van der Waals surface area (Å²) >= 11 is 0. The van der Waals surface area contributed by atoms with Crippen LogP contribution in [0.25, 0.3) is 0 Å². The molecule has 21 heavy (non-hydrogen) atoms. The maximum Gasteiger partial charge on any atom is 0.161 e. The Morgan fingerprint density at radius 3 is 2.43 bits per heavy atom. The van der Waals surface area contributed by atoms with E-state index in [1.807, 2.05) is 25.5 Å². The van der Waals surface area contributed by atoms with E-state index in [1.165, 1.54) is 11.1 Å².